The summed E-state index contributed by atoms with van der Waals surface area (Å²) in [5, 5.41) is 45.8. The Labute approximate surface area is 89.7 Å². The smallest absolute Gasteiger partial charge is 0.356 e. The van der Waals surface area contributed by atoms with Crippen LogP contribution in [-0.2, 0) is 9.30 Å². The van der Waals surface area contributed by atoms with Crippen LogP contribution in [0.1, 0.15) is 0 Å². The van der Waals surface area contributed by atoms with Crippen molar-refractivity contribution in [3.63, 3.8) is 0 Å². The predicted octanol–water partition coefficient (Wildman–Crippen LogP) is -3.72. The lowest BCUT2D eigenvalue weighted by molar-refractivity contribution is -0.291. The highest BCUT2D eigenvalue weighted by molar-refractivity contribution is 7.52. The third-order valence-corrected chi connectivity index (χ3v) is 3.25. The standard InChI is InChI=1S/C6H13O9P/c7-1-2(8)4(6(11)16(12,13)14)15-5(10)3(1)9/h1-11H,(H2,12,13,14). The van der Waals surface area contributed by atoms with Crippen LogP contribution in [0.5, 0.6) is 0 Å². The highest BCUT2D eigenvalue weighted by atomic mass is 31.2. The normalized spacial score (nSPS) is 43.1. The first-order valence-corrected chi connectivity index (χ1v) is 5.95. The van der Waals surface area contributed by atoms with Gasteiger partial charge in [-0.05, 0) is 0 Å². The Balaban J connectivity index is 2.86. The van der Waals surface area contributed by atoms with Crippen LogP contribution < -0.4 is 0 Å². The SMILES string of the molecule is O=P(O)(O)C(O)C1OC(O)C(O)C(O)C1O. The van der Waals surface area contributed by atoms with Crippen molar-refractivity contribution in [1.82, 2.24) is 0 Å². The molecule has 0 aromatic carbocycles. The topological polar surface area (TPSA) is 168 Å². The second-order valence-electron chi connectivity index (χ2n) is 3.47. The minimum Gasteiger partial charge on any atom is -0.387 e. The summed E-state index contributed by atoms with van der Waals surface area (Å²) < 4.78 is 15.1. The first kappa shape index (κ1) is 14.0. The Morgan fingerprint density at radius 1 is 1.00 bits per heavy atom. The summed E-state index contributed by atoms with van der Waals surface area (Å²) in [6.07, 6.45) is -9.48. The van der Waals surface area contributed by atoms with Gasteiger partial charge in [0.1, 0.15) is 24.4 Å². The first-order chi connectivity index (χ1) is 7.16. The zero-order chi connectivity index (χ0) is 12.7. The van der Waals surface area contributed by atoms with E-state index in [1.54, 1.807) is 0 Å². The zero-order valence-corrected chi connectivity index (χ0v) is 8.75. The lowest BCUT2D eigenvalue weighted by atomic mass is 9.99. The van der Waals surface area contributed by atoms with Crippen LogP contribution in [0.25, 0.3) is 0 Å². The van der Waals surface area contributed by atoms with E-state index in [4.69, 9.17) is 25.1 Å². The van der Waals surface area contributed by atoms with E-state index in [9.17, 15) is 14.8 Å². The van der Waals surface area contributed by atoms with Gasteiger partial charge in [-0.25, -0.2) is 0 Å². The van der Waals surface area contributed by atoms with Crippen molar-refractivity contribution in [2.75, 3.05) is 0 Å². The molecule has 0 bridgehead atoms. The molecule has 6 atom stereocenters. The number of hydrogen-bond acceptors (Lipinski definition) is 7. The molecular formula is C6H13O9P. The predicted molar refractivity (Wildman–Crippen MR) is 47.0 cm³/mol. The molecule has 1 heterocycles. The molecule has 1 fully saturated rings. The molecule has 6 unspecified atom stereocenters. The summed E-state index contributed by atoms with van der Waals surface area (Å²) >= 11 is 0. The van der Waals surface area contributed by atoms with Crippen LogP contribution in [0.2, 0.25) is 0 Å². The molecule has 7 N–H and O–H groups in total. The van der Waals surface area contributed by atoms with E-state index in [0.717, 1.165) is 0 Å². The average Bonchev–Trinajstić information content (AvgIpc) is 2.18. The quantitative estimate of drug-likeness (QED) is 0.247. The summed E-state index contributed by atoms with van der Waals surface area (Å²) in [7, 11) is -4.97. The number of hydrogen-bond donors (Lipinski definition) is 7. The largest absolute Gasteiger partial charge is 0.387 e. The second kappa shape index (κ2) is 4.65. The molecular weight excluding hydrogens is 247 g/mol. The molecule has 1 saturated heterocycles. The number of aliphatic hydroxyl groups excluding tert-OH is 5. The van der Waals surface area contributed by atoms with Gasteiger partial charge in [0.2, 0.25) is 0 Å². The minimum atomic E-state index is -4.97. The van der Waals surface area contributed by atoms with Gasteiger partial charge in [-0.1, -0.05) is 0 Å². The highest BCUT2D eigenvalue weighted by Gasteiger charge is 2.50. The van der Waals surface area contributed by atoms with E-state index >= 15 is 0 Å². The summed E-state index contributed by atoms with van der Waals surface area (Å²) in [6, 6.07) is 0. The molecule has 10 heteroatoms. The van der Waals surface area contributed by atoms with Gasteiger partial charge in [-0.2, -0.15) is 0 Å². The highest BCUT2D eigenvalue weighted by Crippen LogP contribution is 2.44. The Morgan fingerprint density at radius 2 is 1.50 bits per heavy atom. The van der Waals surface area contributed by atoms with Crippen molar-refractivity contribution in [1.29, 1.82) is 0 Å². The van der Waals surface area contributed by atoms with Crippen LogP contribution in [0.3, 0.4) is 0 Å². The number of ether oxygens (including phenoxy) is 1. The molecule has 1 aliphatic rings. The summed E-state index contributed by atoms with van der Waals surface area (Å²) in [6.45, 7) is 0. The molecule has 0 aromatic heterocycles. The van der Waals surface area contributed by atoms with Crippen molar-refractivity contribution in [3.8, 4) is 0 Å². The lowest BCUT2D eigenvalue weighted by Gasteiger charge is -2.39. The maximum absolute atomic E-state index is 10.7. The fourth-order valence-electron chi connectivity index (χ4n) is 1.33. The van der Waals surface area contributed by atoms with Crippen molar-refractivity contribution < 1.29 is 44.6 Å². The van der Waals surface area contributed by atoms with Gasteiger partial charge in [0.05, 0.1) is 0 Å². The third-order valence-electron chi connectivity index (χ3n) is 2.26. The molecule has 1 aliphatic heterocycles. The van der Waals surface area contributed by atoms with Gasteiger partial charge in [0.25, 0.3) is 0 Å². The van der Waals surface area contributed by atoms with Gasteiger partial charge < -0.3 is 40.1 Å². The Bertz CT molecular complexity index is 290. The maximum Gasteiger partial charge on any atom is 0.356 e. The van der Waals surface area contributed by atoms with E-state index in [0.29, 0.717) is 0 Å². The van der Waals surface area contributed by atoms with Crippen LogP contribution >= 0.6 is 7.60 Å². The van der Waals surface area contributed by atoms with E-state index in [-0.39, 0.29) is 0 Å². The molecule has 0 radical (unpaired) electrons. The van der Waals surface area contributed by atoms with Crippen LogP contribution in [0.4, 0.5) is 0 Å². The van der Waals surface area contributed by atoms with E-state index < -0.39 is 44.1 Å². The molecule has 9 nitrogen and oxygen atoms in total. The number of aliphatic hydroxyl groups is 5. The minimum absolute atomic E-state index is 1.82. The molecule has 0 amide bonds. The third kappa shape index (κ3) is 2.59. The molecule has 0 saturated carbocycles. The van der Waals surface area contributed by atoms with Gasteiger partial charge in [-0.3, -0.25) is 4.57 Å². The van der Waals surface area contributed by atoms with Gasteiger partial charge in [0, 0.05) is 0 Å². The number of rotatable bonds is 2. The van der Waals surface area contributed by atoms with Crippen LogP contribution in [0.15, 0.2) is 0 Å². The van der Waals surface area contributed by atoms with Crippen molar-refractivity contribution >= 4 is 7.60 Å². The molecule has 0 aliphatic carbocycles. The summed E-state index contributed by atoms with van der Waals surface area (Å²) in [5.74, 6) is -2.40. The van der Waals surface area contributed by atoms with Crippen LogP contribution in [-0.4, -0.2) is 71.9 Å². The molecule has 0 aromatic rings. The van der Waals surface area contributed by atoms with Crippen LogP contribution in [0, 0.1) is 0 Å². The fraction of sp³-hybridized carbons (Fsp3) is 1.00. The average molecular weight is 260 g/mol. The van der Waals surface area contributed by atoms with Crippen molar-refractivity contribution in [2.45, 2.75) is 36.6 Å². The zero-order valence-electron chi connectivity index (χ0n) is 7.86. The molecule has 0 spiro atoms. The second-order valence-corrected chi connectivity index (χ2v) is 5.17. The summed E-state index contributed by atoms with van der Waals surface area (Å²) in [5.41, 5.74) is 0. The van der Waals surface area contributed by atoms with E-state index in [1.165, 1.54) is 0 Å². The van der Waals surface area contributed by atoms with Crippen molar-refractivity contribution in [3.05, 3.63) is 0 Å². The Morgan fingerprint density at radius 3 is 1.94 bits per heavy atom. The Hall–Kier alpha value is -0.0900. The first-order valence-electron chi connectivity index (χ1n) is 4.27. The van der Waals surface area contributed by atoms with Gasteiger partial charge >= 0.3 is 7.60 Å². The summed E-state index contributed by atoms with van der Waals surface area (Å²) in [4.78, 5) is 17.3. The van der Waals surface area contributed by atoms with E-state index in [1.807, 2.05) is 0 Å². The maximum atomic E-state index is 10.7. The molecule has 16 heavy (non-hydrogen) atoms. The van der Waals surface area contributed by atoms with Crippen molar-refractivity contribution in [2.24, 2.45) is 0 Å². The molecule has 96 valence electrons. The fourth-order valence-corrected chi connectivity index (χ4v) is 1.95. The molecule has 1 rings (SSSR count). The monoisotopic (exact) mass is 260 g/mol. The lowest BCUT2D eigenvalue weighted by Crippen LogP contribution is -2.60. The van der Waals surface area contributed by atoms with E-state index in [2.05, 4.69) is 4.74 Å². The van der Waals surface area contributed by atoms with Gasteiger partial charge in [0.15, 0.2) is 12.1 Å². The van der Waals surface area contributed by atoms with Gasteiger partial charge in [-0.15, -0.1) is 0 Å². The Kier molecular flexibility index (Phi) is 4.06.